The van der Waals surface area contributed by atoms with Gasteiger partial charge in [-0.1, -0.05) is 0 Å². The summed E-state index contributed by atoms with van der Waals surface area (Å²) in [7, 11) is 0. The number of pyridine rings is 2. The van der Waals surface area contributed by atoms with Crippen molar-refractivity contribution in [3.05, 3.63) is 41.3 Å². The molecule has 174 valence electrons. The van der Waals surface area contributed by atoms with E-state index in [1.54, 1.807) is 0 Å². The lowest BCUT2D eigenvalue weighted by Gasteiger charge is -2.24. The third kappa shape index (κ3) is 3.58. The van der Waals surface area contributed by atoms with Crippen molar-refractivity contribution in [2.24, 2.45) is 0 Å². The van der Waals surface area contributed by atoms with E-state index in [4.69, 9.17) is 0 Å². The maximum atomic E-state index is 14.1. The number of carbonyl (C=O) groups excluding carboxylic acids is 1. The van der Waals surface area contributed by atoms with Crippen molar-refractivity contribution in [3.8, 4) is 0 Å². The lowest BCUT2D eigenvalue weighted by molar-refractivity contribution is -0.293. The van der Waals surface area contributed by atoms with Crippen LogP contribution in [0.15, 0.2) is 24.4 Å². The van der Waals surface area contributed by atoms with Crippen molar-refractivity contribution in [1.82, 2.24) is 14.4 Å². The number of halogens is 10. The van der Waals surface area contributed by atoms with Gasteiger partial charge in [-0.25, -0.2) is 14.8 Å². The second-order valence-electron chi connectivity index (χ2n) is 6.34. The Labute approximate surface area is 170 Å². The van der Waals surface area contributed by atoms with Gasteiger partial charge in [0.1, 0.15) is 17.0 Å². The zero-order chi connectivity index (χ0) is 24.3. The highest BCUT2D eigenvalue weighted by Gasteiger charge is 2.63. The van der Waals surface area contributed by atoms with Crippen LogP contribution in [-0.4, -0.2) is 39.3 Å². The third-order valence-electron chi connectivity index (χ3n) is 4.26. The number of esters is 1. The van der Waals surface area contributed by atoms with Gasteiger partial charge >= 0.3 is 30.2 Å². The summed E-state index contributed by atoms with van der Waals surface area (Å²) >= 11 is 0. The van der Waals surface area contributed by atoms with Gasteiger partial charge in [0.05, 0.1) is 6.61 Å². The molecule has 0 N–H and O–H groups in total. The topological polar surface area (TPSA) is 56.5 Å². The Morgan fingerprint density at radius 2 is 1.53 bits per heavy atom. The Morgan fingerprint density at radius 3 is 2.06 bits per heavy atom. The zero-order valence-corrected chi connectivity index (χ0v) is 15.5. The number of hydrogen-bond acceptors (Lipinski definition) is 4. The van der Waals surface area contributed by atoms with E-state index in [1.165, 1.54) is 6.92 Å². The van der Waals surface area contributed by atoms with Crippen LogP contribution in [0.4, 0.5) is 43.9 Å². The van der Waals surface area contributed by atoms with Crippen molar-refractivity contribution < 1.29 is 53.4 Å². The number of alkyl halides is 10. The molecule has 5 nitrogen and oxygen atoms in total. The lowest BCUT2D eigenvalue weighted by atomic mass is 10.0. The molecule has 0 spiro atoms. The predicted molar refractivity (Wildman–Crippen MR) is 86.3 cm³/mol. The summed E-state index contributed by atoms with van der Waals surface area (Å²) in [6.07, 6.45) is -12.0. The van der Waals surface area contributed by atoms with Crippen molar-refractivity contribution >= 4 is 22.6 Å². The van der Waals surface area contributed by atoms with Gasteiger partial charge in [0.25, 0.3) is 0 Å². The van der Waals surface area contributed by atoms with E-state index in [2.05, 4.69) is 14.7 Å². The van der Waals surface area contributed by atoms with Gasteiger partial charge in [-0.15, -0.1) is 0 Å². The molecule has 3 aromatic heterocycles. The van der Waals surface area contributed by atoms with Crippen molar-refractivity contribution in [2.45, 2.75) is 31.1 Å². The highest BCUT2D eigenvalue weighted by Crippen LogP contribution is 2.49. The Balaban J connectivity index is 2.44. The second-order valence-corrected chi connectivity index (χ2v) is 6.34. The monoisotopic (exact) mass is 477 g/mol. The first kappa shape index (κ1) is 23.5. The van der Waals surface area contributed by atoms with E-state index in [1.807, 2.05) is 0 Å². The van der Waals surface area contributed by atoms with Crippen LogP contribution in [-0.2, 0) is 16.6 Å². The SMILES string of the molecule is CCOC(=O)c1cn2c(ccc3c(C(F)(F)C(F)(F)F)cc(C(F)(F)C(F)(F)F)nc32)n1. The van der Waals surface area contributed by atoms with Crippen molar-refractivity contribution in [3.63, 3.8) is 0 Å². The first-order valence-electron chi connectivity index (χ1n) is 8.42. The van der Waals surface area contributed by atoms with Gasteiger partial charge in [-0.3, -0.25) is 4.40 Å². The average molecular weight is 477 g/mol. The van der Waals surface area contributed by atoms with E-state index >= 15 is 0 Å². The van der Waals surface area contributed by atoms with E-state index < -0.39 is 64.2 Å². The molecule has 15 heteroatoms. The minimum Gasteiger partial charge on any atom is -0.461 e. The summed E-state index contributed by atoms with van der Waals surface area (Å²) in [4.78, 5) is 18.5. The summed E-state index contributed by atoms with van der Waals surface area (Å²) in [6.45, 7) is 1.29. The minimum absolute atomic E-state index is 0.129. The normalized spacial score (nSPS) is 13.7. The molecule has 0 unspecified atom stereocenters. The first-order chi connectivity index (χ1) is 14.5. The standard InChI is InChI=1S/C17H9F10N3O2/c1-2-32-13(31)9-6-30-11(28-9)4-3-7-8(14(18,19)16(22,23)24)5-10(29-12(7)30)15(20,21)17(25,26)27/h3-6H,2H2,1H3. The number of ether oxygens (including phenoxy) is 1. The molecule has 3 aromatic rings. The Bertz CT molecular complexity index is 1200. The molecule has 0 radical (unpaired) electrons. The molecule has 0 amide bonds. The Kier molecular flexibility index (Phi) is 5.29. The zero-order valence-electron chi connectivity index (χ0n) is 15.5. The van der Waals surface area contributed by atoms with Gasteiger partial charge in [0, 0.05) is 17.1 Å². The van der Waals surface area contributed by atoms with Gasteiger partial charge in [0.2, 0.25) is 0 Å². The third-order valence-corrected chi connectivity index (χ3v) is 4.26. The Morgan fingerprint density at radius 1 is 0.938 bits per heavy atom. The molecule has 0 saturated heterocycles. The number of carbonyl (C=O) groups is 1. The maximum Gasteiger partial charge on any atom is 0.459 e. The summed E-state index contributed by atoms with van der Waals surface area (Å²) < 4.78 is 138. The van der Waals surface area contributed by atoms with Crippen LogP contribution >= 0.6 is 0 Å². The predicted octanol–water partition coefficient (Wildman–Crippen LogP) is 5.37. The molecular weight excluding hydrogens is 468 g/mol. The van der Waals surface area contributed by atoms with Crippen LogP contribution in [0.25, 0.3) is 16.7 Å². The van der Waals surface area contributed by atoms with Gasteiger partial charge in [-0.05, 0) is 25.1 Å². The summed E-state index contributed by atoms with van der Waals surface area (Å²) in [5, 5.41) is -1.09. The van der Waals surface area contributed by atoms with Crippen LogP contribution in [0.2, 0.25) is 0 Å². The minimum atomic E-state index is -6.35. The van der Waals surface area contributed by atoms with Crippen molar-refractivity contribution in [2.75, 3.05) is 6.61 Å². The molecule has 0 saturated carbocycles. The largest absolute Gasteiger partial charge is 0.461 e. The van der Waals surface area contributed by atoms with Crippen LogP contribution in [0.5, 0.6) is 0 Å². The van der Waals surface area contributed by atoms with E-state index in [9.17, 15) is 48.7 Å². The molecule has 0 fully saturated rings. The molecule has 0 aliphatic heterocycles. The van der Waals surface area contributed by atoms with E-state index in [0.717, 1.165) is 6.07 Å². The summed E-state index contributed by atoms with van der Waals surface area (Å²) in [5.41, 5.74) is -6.58. The van der Waals surface area contributed by atoms with Gasteiger partial charge < -0.3 is 4.74 Å². The molecule has 0 bridgehead atoms. The molecule has 32 heavy (non-hydrogen) atoms. The molecule has 3 rings (SSSR count). The molecule has 0 atom stereocenters. The molecule has 0 aliphatic carbocycles. The smallest absolute Gasteiger partial charge is 0.459 e. The maximum absolute atomic E-state index is 14.1. The van der Waals surface area contributed by atoms with E-state index in [-0.39, 0.29) is 12.3 Å². The second kappa shape index (κ2) is 7.20. The molecule has 3 heterocycles. The van der Waals surface area contributed by atoms with E-state index in [0.29, 0.717) is 16.7 Å². The lowest BCUT2D eigenvalue weighted by Crippen LogP contribution is -2.37. The summed E-state index contributed by atoms with van der Waals surface area (Å²) in [5.74, 6) is -12.8. The number of hydrogen-bond donors (Lipinski definition) is 0. The van der Waals surface area contributed by atoms with Crippen LogP contribution in [0.3, 0.4) is 0 Å². The molecule has 0 aromatic carbocycles. The highest BCUT2D eigenvalue weighted by molar-refractivity contribution is 5.90. The number of aromatic nitrogens is 3. The van der Waals surface area contributed by atoms with Crippen LogP contribution < -0.4 is 0 Å². The van der Waals surface area contributed by atoms with Crippen LogP contribution in [0.1, 0.15) is 28.7 Å². The quantitative estimate of drug-likeness (QED) is 0.375. The fourth-order valence-corrected chi connectivity index (χ4v) is 2.75. The average Bonchev–Trinajstić information content (AvgIpc) is 3.10. The number of fused-ring (bicyclic) bond motifs is 3. The van der Waals surface area contributed by atoms with Gasteiger partial charge in [0.15, 0.2) is 5.69 Å². The van der Waals surface area contributed by atoms with Gasteiger partial charge in [-0.2, -0.15) is 43.9 Å². The molecule has 0 aliphatic rings. The highest BCUT2D eigenvalue weighted by atomic mass is 19.4. The Hall–Kier alpha value is -3.13. The summed E-state index contributed by atoms with van der Waals surface area (Å²) in [6, 6.07) is 0.798. The number of nitrogens with zero attached hydrogens (tertiary/aromatic N) is 3. The molecular formula is C17H9F10N3O2. The number of rotatable bonds is 4. The fraction of sp³-hybridized carbons (Fsp3) is 0.353. The first-order valence-corrected chi connectivity index (χ1v) is 8.42. The number of imidazole rings is 1. The van der Waals surface area contributed by atoms with Crippen molar-refractivity contribution in [1.29, 1.82) is 0 Å². The van der Waals surface area contributed by atoms with Crippen LogP contribution in [0, 0.1) is 0 Å². The fourth-order valence-electron chi connectivity index (χ4n) is 2.75.